The van der Waals surface area contributed by atoms with E-state index in [0.717, 1.165) is 50.2 Å². The fourth-order valence-corrected chi connectivity index (χ4v) is 4.06. The van der Waals surface area contributed by atoms with Crippen LogP contribution in [0.5, 0.6) is 5.75 Å². The van der Waals surface area contributed by atoms with E-state index in [1.54, 1.807) is 31.2 Å². The lowest BCUT2D eigenvalue weighted by atomic mass is 10.1. The zero-order chi connectivity index (χ0) is 28.7. The highest BCUT2D eigenvalue weighted by Gasteiger charge is 2.34. The Kier molecular flexibility index (Phi) is 13.6. The molecule has 0 aliphatic carbocycles. The molecule has 0 spiro atoms. The number of carbonyl (C=O) groups is 2. The molecule has 0 fully saturated rings. The number of aliphatic carboxylic acids is 1. The largest absolute Gasteiger partial charge is 0.492 e. The number of anilines is 1. The molecule has 10 heteroatoms. The molecule has 2 aromatic rings. The standard InChI is InChI=1S/C29H39F3N2O5/c1-3-5-6-7-8-11-18-34(28(37)33-25-13-10-9-12-24(25)29(30,31)32)19-20-39-23-16-14-22(15-17-23)21-26(27(35)36)38-4-2/h9-10,12-17,26H,3-8,11,18-21H2,1-2H3,(H,33,37)(H,35,36). The summed E-state index contributed by atoms with van der Waals surface area (Å²) in [6.45, 7) is 4.87. The van der Waals surface area contributed by atoms with Crippen LogP contribution in [0.3, 0.4) is 0 Å². The molecule has 1 unspecified atom stereocenters. The van der Waals surface area contributed by atoms with Crippen molar-refractivity contribution in [2.24, 2.45) is 0 Å². The first kappa shape index (κ1) is 31.9. The van der Waals surface area contributed by atoms with Crippen molar-refractivity contribution in [1.29, 1.82) is 0 Å². The average molecular weight is 553 g/mol. The van der Waals surface area contributed by atoms with Gasteiger partial charge in [0.25, 0.3) is 0 Å². The van der Waals surface area contributed by atoms with Crippen molar-refractivity contribution in [3.8, 4) is 5.75 Å². The van der Waals surface area contributed by atoms with Crippen LogP contribution in [0.25, 0.3) is 0 Å². The summed E-state index contributed by atoms with van der Waals surface area (Å²) < 4.78 is 51.2. The number of carbonyl (C=O) groups excluding carboxylic acids is 1. The maximum Gasteiger partial charge on any atom is 0.418 e. The molecule has 39 heavy (non-hydrogen) atoms. The van der Waals surface area contributed by atoms with Gasteiger partial charge in [0.2, 0.25) is 0 Å². The second-order valence-electron chi connectivity index (χ2n) is 9.21. The van der Waals surface area contributed by atoms with Gasteiger partial charge in [-0.15, -0.1) is 0 Å². The first-order chi connectivity index (χ1) is 18.7. The third-order valence-electron chi connectivity index (χ3n) is 6.16. The van der Waals surface area contributed by atoms with Gasteiger partial charge in [-0.2, -0.15) is 13.2 Å². The molecule has 2 aromatic carbocycles. The second kappa shape index (κ2) is 16.6. The lowest BCUT2D eigenvalue weighted by Gasteiger charge is -2.24. The van der Waals surface area contributed by atoms with Gasteiger partial charge in [-0.3, -0.25) is 0 Å². The molecule has 2 rings (SSSR count). The Hall–Kier alpha value is -3.27. The monoisotopic (exact) mass is 552 g/mol. The average Bonchev–Trinajstić information content (AvgIpc) is 2.89. The Balaban J connectivity index is 1.99. The normalized spacial score (nSPS) is 12.1. The number of carboxylic acid groups (broad SMARTS) is 1. The summed E-state index contributed by atoms with van der Waals surface area (Å²) in [6.07, 6.45) is 0.769. The highest BCUT2D eigenvalue weighted by Crippen LogP contribution is 2.34. The molecule has 2 N–H and O–H groups in total. The molecular weight excluding hydrogens is 513 g/mol. The third-order valence-corrected chi connectivity index (χ3v) is 6.16. The smallest absolute Gasteiger partial charge is 0.418 e. The van der Waals surface area contributed by atoms with Crippen LogP contribution < -0.4 is 10.1 Å². The third kappa shape index (κ3) is 11.6. The van der Waals surface area contributed by atoms with Crippen LogP contribution in [0.1, 0.15) is 63.5 Å². The first-order valence-electron chi connectivity index (χ1n) is 13.4. The summed E-state index contributed by atoms with van der Waals surface area (Å²) in [5, 5.41) is 11.7. The predicted molar refractivity (Wildman–Crippen MR) is 144 cm³/mol. The molecule has 0 radical (unpaired) electrons. The van der Waals surface area contributed by atoms with E-state index in [-0.39, 0.29) is 25.3 Å². The molecular formula is C29H39F3N2O5. The van der Waals surface area contributed by atoms with Crippen molar-refractivity contribution in [1.82, 2.24) is 4.90 Å². The summed E-state index contributed by atoms with van der Waals surface area (Å²) in [7, 11) is 0. The summed E-state index contributed by atoms with van der Waals surface area (Å²) in [5.41, 5.74) is -0.412. The Morgan fingerprint density at radius 2 is 1.62 bits per heavy atom. The number of nitrogens with one attached hydrogen (secondary N) is 1. The van der Waals surface area contributed by atoms with Gasteiger partial charge in [-0.05, 0) is 43.2 Å². The number of ether oxygens (including phenoxy) is 2. The number of halogens is 3. The lowest BCUT2D eigenvalue weighted by Crippen LogP contribution is -2.39. The number of alkyl halides is 3. The van der Waals surface area contributed by atoms with Gasteiger partial charge in [0.15, 0.2) is 6.10 Å². The van der Waals surface area contributed by atoms with Gasteiger partial charge < -0.3 is 24.8 Å². The van der Waals surface area contributed by atoms with E-state index in [9.17, 15) is 27.9 Å². The Bertz CT molecular complexity index is 1010. The minimum atomic E-state index is -4.59. The van der Waals surface area contributed by atoms with E-state index in [2.05, 4.69) is 12.2 Å². The Labute approximate surface area is 228 Å². The van der Waals surface area contributed by atoms with Crippen LogP contribution in [-0.2, 0) is 22.1 Å². The highest BCUT2D eigenvalue weighted by atomic mass is 19.4. The molecule has 216 valence electrons. The zero-order valence-electron chi connectivity index (χ0n) is 22.6. The number of carboxylic acids is 1. The molecule has 1 atom stereocenters. The second-order valence-corrected chi connectivity index (χ2v) is 9.21. The topological polar surface area (TPSA) is 88.1 Å². The number of rotatable bonds is 17. The molecule has 0 aliphatic rings. The van der Waals surface area contributed by atoms with Crippen LogP contribution in [0.2, 0.25) is 0 Å². The summed E-state index contributed by atoms with van der Waals surface area (Å²) in [6, 6.07) is 11.2. The summed E-state index contributed by atoms with van der Waals surface area (Å²) >= 11 is 0. The number of nitrogens with zero attached hydrogens (tertiary/aromatic N) is 1. The fraction of sp³-hybridized carbons (Fsp3) is 0.517. The number of urea groups is 1. The molecule has 0 heterocycles. The number of amides is 2. The molecule has 0 saturated heterocycles. The predicted octanol–water partition coefficient (Wildman–Crippen LogP) is 7.01. The summed E-state index contributed by atoms with van der Waals surface area (Å²) in [4.78, 5) is 25.8. The van der Waals surface area contributed by atoms with E-state index >= 15 is 0 Å². The maximum atomic E-state index is 13.4. The van der Waals surface area contributed by atoms with E-state index in [1.807, 2.05) is 0 Å². The molecule has 7 nitrogen and oxygen atoms in total. The van der Waals surface area contributed by atoms with E-state index < -0.39 is 29.8 Å². The molecule has 0 saturated carbocycles. The Morgan fingerprint density at radius 3 is 2.26 bits per heavy atom. The van der Waals surface area contributed by atoms with Gasteiger partial charge >= 0.3 is 18.2 Å². The molecule has 0 aliphatic heterocycles. The van der Waals surface area contributed by atoms with E-state index in [0.29, 0.717) is 18.9 Å². The van der Waals surface area contributed by atoms with Gasteiger partial charge in [0.05, 0.1) is 17.8 Å². The minimum absolute atomic E-state index is 0.139. The van der Waals surface area contributed by atoms with Crippen molar-refractivity contribution in [3.05, 3.63) is 59.7 Å². The Morgan fingerprint density at radius 1 is 0.949 bits per heavy atom. The van der Waals surface area contributed by atoms with Gasteiger partial charge in [0.1, 0.15) is 12.4 Å². The van der Waals surface area contributed by atoms with Crippen LogP contribution in [0.4, 0.5) is 23.7 Å². The lowest BCUT2D eigenvalue weighted by molar-refractivity contribution is -0.150. The zero-order valence-corrected chi connectivity index (χ0v) is 22.6. The quantitative estimate of drug-likeness (QED) is 0.206. The number of hydrogen-bond acceptors (Lipinski definition) is 4. The molecule has 0 bridgehead atoms. The van der Waals surface area contributed by atoms with Crippen molar-refractivity contribution in [2.75, 3.05) is 31.6 Å². The van der Waals surface area contributed by atoms with Crippen molar-refractivity contribution < 1.29 is 37.3 Å². The maximum absolute atomic E-state index is 13.4. The van der Waals surface area contributed by atoms with E-state index in [4.69, 9.17) is 9.47 Å². The van der Waals surface area contributed by atoms with Crippen molar-refractivity contribution in [3.63, 3.8) is 0 Å². The molecule has 0 aromatic heterocycles. The minimum Gasteiger partial charge on any atom is -0.492 e. The fourth-order valence-electron chi connectivity index (χ4n) is 4.06. The van der Waals surface area contributed by atoms with Gasteiger partial charge in [-0.1, -0.05) is 63.3 Å². The van der Waals surface area contributed by atoms with Gasteiger partial charge in [-0.25, -0.2) is 9.59 Å². The summed E-state index contributed by atoms with van der Waals surface area (Å²) in [5.74, 6) is -0.497. The van der Waals surface area contributed by atoms with Crippen molar-refractivity contribution in [2.45, 2.75) is 71.1 Å². The van der Waals surface area contributed by atoms with Crippen molar-refractivity contribution >= 4 is 17.7 Å². The van der Waals surface area contributed by atoms with Crippen LogP contribution in [-0.4, -0.2) is 54.4 Å². The highest BCUT2D eigenvalue weighted by molar-refractivity contribution is 5.90. The van der Waals surface area contributed by atoms with Crippen LogP contribution in [0, 0.1) is 0 Å². The number of unbranched alkanes of at least 4 members (excludes halogenated alkanes) is 5. The van der Waals surface area contributed by atoms with Crippen LogP contribution in [0.15, 0.2) is 48.5 Å². The van der Waals surface area contributed by atoms with Gasteiger partial charge in [0, 0.05) is 19.6 Å². The first-order valence-corrected chi connectivity index (χ1v) is 13.4. The van der Waals surface area contributed by atoms with Crippen LogP contribution >= 0.6 is 0 Å². The van der Waals surface area contributed by atoms with E-state index in [1.165, 1.54) is 23.1 Å². The number of benzene rings is 2. The molecule has 2 amide bonds. The SMILES string of the molecule is CCCCCCCCN(CCOc1ccc(CC(OCC)C(=O)O)cc1)C(=O)Nc1ccccc1C(F)(F)F. The number of para-hydroxylation sites is 1. The number of hydrogen-bond donors (Lipinski definition) is 2.